The summed E-state index contributed by atoms with van der Waals surface area (Å²) >= 11 is 0. The second-order valence-electron chi connectivity index (χ2n) is 3.39. The van der Waals surface area contributed by atoms with Gasteiger partial charge in [-0.2, -0.15) is 5.10 Å². The average Bonchev–Trinajstić information content (AvgIpc) is 2.18. The minimum atomic E-state index is -0.0247. The Morgan fingerprint density at radius 2 is 2.14 bits per heavy atom. The van der Waals surface area contributed by atoms with Crippen LogP contribution in [0.4, 0.5) is 0 Å². The molecule has 0 aliphatic carbocycles. The van der Waals surface area contributed by atoms with Crippen molar-refractivity contribution in [2.75, 3.05) is 6.54 Å². The molecular formula is C10H17N3O. The number of hydrogen-bond acceptors (Lipinski definition) is 3. The Balaban J connectivity index is 2.49. The molecule has 4 nitrogen and oxygen atoms in total. The van der Waals surface area contributed by atoms with Crippen LogP contribution in [0.1, 0.15) is 25.0 Å². The number of aryl methyl sites for hydroxylation is 2. The maximum atomic E-state index is 11.3. The minimum Gasteiger partial charge on any atom is -0.330 e. The maximum Gasteiger partial charge on any atom is 0.266 e. The minimum absolute atomic E-state index is 0.0247. The largest absolute Gasteiger partial charge is 0.330 e. The van der Waals surface area contributed by atoms with Crippen LogP contribution in [-0.2, 0) is 6.54 Å². The Bertz CT molecular complexity index is 332. The Morgan fingerprint density at radius 1 is 1.36 bits per heavy atom. The normalized spacial score (nSPS) is 10.4. The van der Waals surface area contributed by atoms with E-state index in [-0.39, 0.29) is 5.56 Å². The summed E-state index contributed by atoms with van der Waals surface area (Å²) in [4.78, 5) is 11.3. The van der Waals surface area contributed by atoms with E-state index in [1.54, 1.807) is 12.1 Å². The predicted molar refractivity (Wildman–Crippen MR) is 56.1 cm³/mol. The summed E-state index contributed by atoms with van der Waals surface area (Å²) in [6.45, 7) is 3.30. The summed E-state index contributed by atoms with van der Waals surface area (Å²) in [7, 11) is 0. The van der Waals surface area contributed by atoms with Crippen LogP contribution in [0.3, 0.4) is 0 Å². The second kappa shape index (κ2) is 5.54. The van der Waals surface area contributed by atoms with Crippen LogP contribution >= 0.6 is 0 Å². The average molecular weight is 195 g/mol. The number of rotatable bonds is 5. The highest BCUT2D eigenvalue weighted by molar-refractivity contribution is 4.96. The molecule has 0 radical (unpaired) electrons. The molecular weight excluding hydrogens is 178 g/mol. The fourth-order valence-electron chi connectivity index (χ4n) is 1.29. The molecule has 2 N–H and O–H groups in total. The van der Waals surface area contributed by atoms with E-state index < -0.39 is 0 Å². The second-order valence-corrected chi connectivity index (χ2v) is 3.39. The predicted octanol–water partition coefficient (Wildman–Crippen LogP) is 0.681. The molecule has 0 aliphatic heterocycles. The molecule has 1 rings (SSSR count). The van der Waals surface area contributed by atoms with Gasteiger partial charge in [-0.1, -0.05) is 6.42 Å². The van der Waals surface area contributed by atoms with Gasteiger partial charge < -0.3 is 5.73 Å². The van der Waals surface area contributed by atoms with Gasteiger partial charge >= 0.3 is 0 Å². The number of aromatic nitrogens is 2. The van der Waals surface area contributed by atoms with E-state index >= 15 is 0 Å². The van der Waals surface area contributed by atoms with Crippen molar-refractivity contribution in [3.8, 4) is 0 Å². The summed E-state index contributed by atoms with van der Waals surface area (Å²) in [5.41, 5.74) is 6.23. The third kappa shape index (κ3) is 3.30. The first-order valence-corrected chi connectivity index (χ1v) is 4.99. The molecule has 0 unspecified atom stereocenters. The number of nitrogens with zero attached hydrogens (tertiary/aromatic N) is 2. The van der Waals surface area contributed by atoms with Gasteiger partial charge in [0.05, 0.1) is 5.69 Å². The van der Waals surface area contributed by atoms with Crippen molar-refractivity contribution in [2.45, 2.75) is 32.7 Å². The number of unbranched alkanes of at least 4 members (excludes halogenated alkanes) is 2. The lowest BCUT2D eigenvalue weighted by molar-refractivity contribution is 0.519. The van der Waals surface area contributed by atoms with Gasteiger partial charge in [0, 0.05) is 12.6 Å². The van der Waals surface area contributed by atoms with Gasteiger partial charge in [0.2, 0.25) is 0 Å². The molecule has 0 atom stereocenters. The van der Waals surface area contributed by atoms with Gasteiger partial charge in [-0.15, -0.1) is 0 Å². The molecule has 0 aliphatic rings. The summed E-state index contributed by atoms with van der Waals surface area (Å²) in [6.07, 6.45) is 3.03. The van der Waals surface area contributed by atoms with Gasteiger partial charge in [-0.3, -0.25) is 4.79 Å². The van der Waals surface area contributed by atoms with Crippen molar-refractivity contribution in [3.05, 3.63) is 28.2 Å². The molecule has 4 heteroatoms. The third-order valence-electron chi connectivity index (χ3n) is 2.07. The lowest BCUT2D eigenvalue weighted by Crippen LogP contribution is -2.22. The summed E-state index contributed by atoms with van der Waals surface area (Å²) in [5, 5.41) is 4.14. The monoisotopic (exact) mass is 195 g/mol. The molecule has 0 fully saturated rings. The van der Waals surface area contributed by atoms with Crippen LogP contribution in [0.2, 0.25) is 0 Å². The Labute approximate surface area is 83.7 Å². The molecule has 1 aromatic rings. The molecule has 0 spiro atoms. The summed E-state index contributed by atoms with van der Waals surface area (Å²) < 4.78 is 1.52. The quantitative estimate of drug-likeness (QED) is 0.703. The van der Waals surface area contributed by atoms with Crippen molar-refractivity contribution in [1.29, 1.82) is 0 Å². The first-order valence-electron chi connectivity index (χ1n) is 4.99. The zero-order valence-corrected chi connectivity index (χ0v) is 8.57. The van der Waals surface area contributed by atoms with Crippen LogP contribution in [0, 0.1) is 6.92 Å². The molecule has 14 heavy (non-hydrogen) atoms. The fourth-order valence-corrected chi connectivity index (χ4v) is 1.29. The van der Waals surface area contributed by atoms with Gasteiger partial charge in [0.25, 0.3) is 5.56 Å². The van der Waals surface area contributed by atoms with E-state index in [0.717, 1.165) is 31.5 Å². The van der Waals surface area contributed by atoms with Gasteiger partial charge in [0.15, 0.2) is 0 Å². The highest BCUT2D eigenvalue weighted by atomic mass is 16.1. The molecule has 0 aromatic carbocycles. The van der Waals surface area contributed by atoms with Gasteiger partial charge in [-0.05, 0) is 32.4 Å². The molecule has 1 aromatic heterocycles. The van der Waals surface area contributed by atoms with E-state index in [1.807, 2.05) is 6.92 Å². The zero-order chi connectivity index (χ0) is 10.4. The Hall–Kier alpha value is -1.16. The fraction of sp³-hybridized carbons (Fsp3) is 0.600. The van der Waals surface area contributed by atoms with Crippen LogP contribution in [0.25, 0.3) is 0 Å². The first kappa shape index (κ1) is 10.9. The molecule has 78 valence electrons. The number of hydrogen-bond donors (Lipinski definition) is 1. The maximum absolute atomic E-state index is 11.3. The summed E-state index contributed by atoms with van der Waals surface area (Å²) in [6, 6.07) is 3.30. The molecule has 0 bridgehead atoms. The highest BCUT2D eigenvalue weighted by Crippen LogP contribution is 1.95. The van der Waals surface area contributed by atoms with Crippen molar-refractivity contribution in [2.24, 2.45) is 5.73 Å². The standard InChI is InChI=1S/C10H17N3O/c1-9-5-6-10(14)13(12-9)8-4-2-3-7-11/h5-6H,2-4,7-8,11H2,1H3. The van der Waals surface area contributed by atoms with Crippen molar-refractivity contribution < 1.29 is 0 Å². The smallest absolute Gasteiger partial charge is 0.266 e. The van der Waals surface area contributed by atoms with E-state index in [1.165, 1.54) is 4.68 Å². The van der Waals surface area contributed by atoms with Crippen molar-refractivity contribution in [3.63, 3.8) is 0 Å². The molecule has 0 saturated heterocycles. The van der Waals surface area contributed by atoms with Crippen LogP contribution in [0.15, 0.2) is 16.9 Å². The van der Waals surface area contributed by atoms with Gasteiger partial charge in [0.1, 0.15) is 0 Å². The molecule has 0 amide bonds. The lowest BCUT2D eigenvalue weighted by Gasteiger charge is -2.04. The van der Waals surface area contributed by atoms with Crippen molar-refractivity contribution in [1.82, 2.24) is 9.78 Å². The highest BCUT2D eigenvalue weighted by Gasteiger charge is 1.96. The van der Waals surface area contributed by atoms with Gasteiger partial charge in [-0.25, -0.2) is 4.68 Å². The third-order valence-corrected chi connectivity index (χ3v) is 2.07. The lowest BCUT2D eigenvalue weighted by atomic mass is 10.2. The summed E-state index contributed by atoms with van der Waals surface area (Å²) in [5.74, 6) is 0. The first-order chi connectivity index (χ1) is 6.74. The van der Waals surface area contributed by atoms with Crippen molar-refractivity contribution >= 4 is 0 Å². The topological polar surface area (TPSA) is 60.9 Å². The molecule has 0 saturated carbocycles. The zero-order valence-electron chi connectivity index (χ0n) is 8.57. The SMILES string of the molecule is Cc1ccc(=O)n(CCCCCN)n1. The Morgan fingerprint density at radius 3 is 2.86 bits per heavy atom. The van der Waals surface area contributed by atoms with E-state index in [2.05, 4.69) is 5.10 Å². The molecule has 1 heterocycles. The van der Waals surface area contributed by atoms with Crippen LogP contribution in [-0.4, -0.2) is 16.3 Å². The van der Waals surface area contributed by atoms with E-state index in [0.29, 0.717) is 6.54 Å². The van der Waals surface area contributed by atoms with Crippen LogP contribution < -0.4 is 11.3 Å². The van der Waals surface area contributed by atoms with E-state index in [4.69, 9.17) is 5.73 Å². The number of nitrogens with two attached hydrogens (primary N) is 1. The Kier molecular flexibility index (Phi) is 4.32. The van der Waals surface area contributed by atoms with Crippen LogP contribution in [0.5, 0.6) is 0 Å². The van der Waals surface area contributed by atoms with E-state index in [9.17, 15) is 4.79 Å².